The van der Waals surface area contributed by atoms with Crippen LogP contribution in [0.2, 0.25) is 5.02 Å². The van der Waals surface area contributed by atoms with Crippen molar-refractivity contribution in [3.8, 4) is 11.5 Å². The minimum absolute atomic E-state index is 0.0104. The quantitative estimate of drug-likeness (QED) is 0.764. The summed E-state index contributed by atoms with van der Waals surface area (Å²) in [5.41, 5.74) is 2.60. The van der Waals surface area contributed by atoms with E-state index in [4.69, 9.17) is 21.1 Å². The second-order valence-electron chi connectivity index (χ2n) is 7.58. The van der Waals surface area contributed by atoms with E-state index in [9.17, 15) is 8.42 Å². The Hall–Kier alpha value is -1.72. The lowest BCUT2D eigenvalue weighted by Gasteiger charge is -2.20. The predicted molar refractivity (Wildman–Crippen MR) is 104 cm³/mol. The van der Waals surface area contributed by atoms with Crippen molar-refractivity contribution in [1.29, 1.82) is 0 Å². The van der Waals surface area contributed by atoms with Crippen molar-refractivity contribution in [2.45, 2.75) is 37.7 Å². The molecule has 1 aliphatic rings. The van der Waals surface area contributed by atoms with Crippen molar-refractivity contribution in [2.75, 3.05) is 13.2 Å². The smallest absolute Gasteiger partial charge is 0.179 e. The number of ether oxygens (including phenoxy) is 2. The minimum atomic E-state index is -3.33. The van der Waals surface area contributed by atoms with E-state index in [2.05, 4.69) is 20.8 Å². The summed E-state index contributed by atoms with van der Waals surface area (Å²) >= 11 is 6.20. The maximum absolute atomic E-state index is 12.6. The minimum Gasteiger partial charge on any atom is -0.486 e. The molecule has 4 nitrogen and oxygen atoms in total. The summed E-state index contributed by atoms with van der Waals surface area (Å²) in [5.74, 6) is 0.883. The third-order valence-electron chi connectivity index (χ3n) is 4.25. The van der Waals surface area contributed by atoms with E-state index in [1.54, 1.807) is 12.1 Å². The molecule has 0 N–H and O–H groups in total. The van der Waals surface area contributed by atoms with E-state index in [1.807, 2.05) is 24.3 Å². The van der Waals surface area contributed by atoms with E-state index in [1.165, 1.54) is 5.56 Å². The second kappa shape index (κ2) is 7.12. The number of hydrogen-bond acceptors (Lipinski definition) is 4. The molecule has 0 spiro atoms. The van der Waals surface area contributed by atoms with Gasteiger partial charge in [0.15, 0.2) is 21.3 Å². The molecule has 3 rings (SSSR count). The predicted octanol–water partition coefficient (Wildman–Crippen LogP) is 4.52. The number of benzene rings is 2. The van der Waals surface area contributed by atoms with E-state index >= 15 is 0 Å². The highest BCUT2D eigenvalue weighted by atomic mass is 35.5. The van der Waals surface area contributed by atoms with E-state index < -0.39 is 9.84 Å². The molecule has 0 bridgehead atoms. The highest BCUT2D eigenvalue weighted by Crippen LogP contribution is 2.38. The maximum Gasteiger partial charge on any atom is 0.179 e. The number of fused-ring (bicyclic) bond motifs is 1. The zero-order valence-corrected chi connectivity index (χ0v) is 16.8. The first-order valence-corrected chi connectivity index (χ1v) is 10.7. The molecule has 2 aromatic rings. The molecule has 140 valence electrons. The summed E-state index contributed by atoms with van der Waals surface area (Å²) in [7, 11) is -3.33. The molecule has 0 amide bonds. The number of halogens is 1. The number of sulfone groups is 1. The molecule has 0 saturated heterocycles. The van der Waals surface area contributed by atoms with Crippen molar-refractivity contribution < 1.29 is 17.9 Å². The van der Waals surface area contributed by atoms with Crippen LogP contribution < -0.4 is 9.47 Å². The van der Waals surface area contributed by atoms with Crippen molar-refractivity contribution >= 4 is 21.4 Å². The Morgan fingerprint density at radius 3 is 2.23 bits per heavy atom. The molecular formula is C20H23ClO4S. The van der Waals surface area contributed by atoms with Gasteiger partial charge in [-0.25, -0.2) is 8.42 Å². The first-order chi connectivity index (χ1) is 12.1. The van der Waals surface area contributed by atoms with Gasteiger partial charge in [-0.3, -0.25) is 0 Å². The molecule has 0 saturated carbocycles. The first kappa shape index (κ1) is 19.1. The molecular weight excluding hydrogens is 372 g/mol. The summed E-state index contributed by atoms with van der Waals surface area (Å²) in [5, 5.41) is 0.377. The Kier molecular flexibility index (Phi) is 5.22. The fourth-order valence-corrected chi connectivity index (χ4v) is 4.67. The molecule has 0 fully saturated rings. The number of rotatable bonds is 4. The van der Waals surface area contributed by atoms with Crippen LogP contribution in [-0.4, -0.2) is 21.6 Å². The molecule has 1 aliphatic heterocycles. The Bertz CT molecular complexity index is 897. The van der Waals surface area contributed by atoms with Gasteiger partial charge in [0.2, 0.25) is 0 Å². The Morgan fingerprint density at radius 1 is 0.962 bits per heavy atom. The standard InChI is InChI=1S/C20H23ClO4S/c1-20(2,3)16-6-4-14(5-7-16)12-26(22,23)13-15-10-17(21)19-18(11-15)24-8-9-25-19/h4-7,10-11H,8-9,12-13H2,1-3H3. The zero-order valence-electron chi connectivity index (χ0n) is 15.2. The van der Waals surface area contributed by atoms with Gasteiger partial charge in [0.25, 0.3) is 0 Å². The van der Waals surface area contributed by atoms with Crippen molar-refractivity contribution in [2.24, 2.45) is 0 Å². The Balaban J connectivity index is 1.76. The average molecular weight is 395 g/mol. The molecule has 0 atom stereocenters. The highest BCUT2D eigenvalue weighted by molar-refractivity contribution is 7.89. The largest absolute Gasteiger partial charge is 0.486 e. The molecule has 1 heterocycles. The van der Waals surface area contributed by atoms with E-state index in [-0.39, 0.29) is 16.9 Å². The average Bonchev–Trinajstić information content (AvgIpc) is 2.53. The number of hydrogen-bond donors (Lipinski definition) is 0. The molecule has 0 radical (unpaired) electrons. The molecule has 0 aliphatic carbocycles. The lowest BCUT2D eigenvalue weighted by molar-refractivity contribution is 0.171. The van der Waals surface area contributed by atoms with E-state index in [0.717, 1.165) is 5.56 Å². The molecule has 0 aromatic heterocycles. The summed E-state index contributed by atoms with van der Waals surface area (Å²) < 4.78 is 36.2. The summed E-state index contributed by atoms with van der Waals surface area (Å²) in [6, 6.07) is 11.1. The molecule has 26 heavy (non-hydrogen) atoms. The van der Waals surface area contributed by atoms with Gasteiger partial charge in [0.1, 0.15) is 13.2 Å². The van der Waals surface area contributed by atoms with Crippen molar-refractivity contribution in [1.82, 2.24) is 0 Å². The van der Waals surface area contributed by atoms with Crippen LogP contribution in [0.1, 0.15) is 37.5 Å². The molecule has 2 aromatic carbocycles. The van der Waals surface area contributed by atoms with Crippen LogP contribution in [0.3, 0.4) is 0 Å². The van der Waals surface area contributed by atoms with Gasteiger partial charge >= 0.3 is 0 Å². The van der Waals surface area contributed by atoms with Gasteiger partial charge in [0.05, 0.1) is 16.5 Å². The third kappa shape index (κ3) is 4.51. The Morgan fingerprint density at radius 2 is 1.58 bits per heavy atom. The van der Waals surface area contributed by atoms with Crippen molar-refractivity contribution in [3.05, 3.63) is 58.1 Å². The van der Waals surface area contributed by atoms with Crippen LogP contribution in [0, 0.1) is 0 Å². The maximum atomic E-state index is 12.6. The summed E-state index contributed by atoms with van der Waals surface area (Å²) in [4.78, 5) is 0. The van der Waals surface area contributed by atoms with Crippen LogP contribution in [0.4, 0.5) is 0 Å². The van der Waals surface area contributed by atoms with Gasteiger partial charge < -0.3 is 9.47 Å². The summed E-state index contributed by atoms with van der Waals surface area (Å²) in [6.45, 7) is 7.26. The Labute approximate surface area is 160 Å². The van der Waals surface area contributed by atoms with Crippen LogP contribution in [0.15, 0.2) is 36.4 Å². The molecule has 6 heteroatoms. The lowest BCUT2D eigenvalue weighted by atomic mass is 9.87. The third-order valence-corrected chi connectivity index (χ3v) is 6.08. The van der Waals surface area contributed by atoms with E-state index in [0.29, 0.717) is 35.3 Å². The van der Waals surface area contributed by atoms with Crippen LogP contribution in [0.5, 0.6) is 11.5 Å². The zero-order chi connectivity index (χ0) is 18.9. The van der Waals surface area contributed by atoms with Crippen LogP contribution in [0.25, 0.3) is 0 Å². The van der Waals surface area contributed by atoms with Gasteiger partial charge in [0, 0.05) is 0 Å². The highest BCUT2D eigenvalue weighted by Gasteiger charge is 2.20. The second-order valence-corrected chi connectivity index (χ2v) is 10.1. The SMILES string of the molecule is CC(C)(C)c1ccc(CS(=O)(=O)Cc2cc(Cl)c3c(c2)OCCO3)cc1. The van der Waals surface area contributed by atoms with Crippen LogP contribution in [-0.2, 0) is 26.8 Å². The van der Waals surface area contributed by atoms with Crippen LogP contribution >= 0.6 is 11.6 Å². The molecule has 0 unspecified atom stereocenters. The van der Waals surface area contributed by atoms with Gasteiger partial charge in [-0.05, 0) is 34.2 Å². The van der Waals surface area contributed by atoms with Gasteiger partial charge in [-0.1, -0.05) is 56.6 Å². The van der Waals surface area contributed by atoms with Crippen molar-refractivity contribution in [3.63, 3.8) is 0 Å². The fraction of sp³-hybridized carbons (Fsp3) is 0.400. The normalized spacial score (nSPS) is 14.3. The lowest BCUT2D eigenvalue weighted by Crippen LogP contribution is -2.16. The first-order valence-electron chi connectivity index (χ1n) is 8.52. The van der Waals surface area contributed by atoms with Gasteiger partial charge in [-0.2, -0.15) is 0 Å². The fourth-order valence-electron chi connectivity index (χ4n) is 2.91. The topological polar surface area (TPSA) is 52.6 Å². The van der Waals surface area contributed by atoms with Gasteiger partial charge in [-0.15, -0.1) is 0 Å². The summed E-state index contributed by atoms with van der Waals surface area (Å²) in [6.07, 6.45) is 0. The monoisotopic (exact) mass is 394 g/mol.